The van der Waals surface area contributed by atoms with Gasteiger partial charge in [0.25, 0.3) is 0 Å². The van der Waals surface area contributed by atoms with Crippen molar-refractivity contribution >= 4 is 17.9 Å². The average molecular weight is 530 g/mol. The van der Waals surface area contributed by atoms with Crippen LogP contribution in [0.2, 0.25) is 0 Å². The Kier molecular flexibility index (Phi) is 9.03. The van der Waals surface area contributed by atoms with Gasteiger partial charge in [-0.1, -0.05) is 19.1 Å². The second-order valence-corrected chi connectivity index (χ2v) is 11.3. The van der Waals surface area contributed by atoms with Gasteiger partial charge in [0.1, 0.15) is 23.5 Å². The zero-order valence-electron chi connectivity index (χ0n) is 23.4. The molecular formula is C28H40FN5O4. The first-order valence-corrected chi connectivity index (χ1v) is 13.3. The zero-order valence-corrected chi connectivity index (χ0v) is 23.4. The van der Waals surface area contributed by atoms with Crippen molar-refractivity contribution in [1.82, 2.24) is 20.0 Å². The van der Waals surface area contributed by atoms with E-state index in [1.165, 1.54) is 17.0 Å². The van der Waals surface area contributed by atoms with Gasteiger partial charge >= 0.3 is 6.09 Å². The smallest absolute Gasteiger partial charge is 0.408 e. The number of nitriles is 1. The fraction of sp³-hybridized carbons (Fsp3) is 0.643. The number of halogens is 1. The van der Waals surface area contributed by atoms with Crippen molar-refractivity contribution in [3.8, 4) is 6.07 Å². The van der Waals surface area contributed by atoms with Crippen LogP contribution in [0.3, 0.4) is 0 Å². The molecule has 3 amide bonds. The van der Waals surface area contributed by atoms with E-state index < -0.39 is 29.8 Å². The van der Waals surface area contributed by atoms with Crippen molar-refractivity contribution in [2.45, 2.75) is 103 Å². The molecule has 2 saturated heterocycles. The highest BCUT2D eigenvalue weighted by molar-refractivity contribution is 5.88. The van der Waals surface area contributed by atoms with Gasteiger partial charge in [0, 0.05) is 25.2 Å². The number of carbonyl (C=O) groups is 3. The van der Waals surface area contributed by atoms with Gasteiger partial charge in [-0.15, -0.1) is 0 Å². The number of ether oxygens (including phenoxy) is 1. The normalized spacial score (nSPS) is 22.4. The van der Waals surface area contributed by atoms with E-state index >= 15 is 0 Å². The molecule has 2 heterocycles. The minimum atomic E-state index is -0.996. The molecular weight excluding hydrogens is 489 g/mol. The summed E-state index contributed by atoms with van der Waals surface area (Å²) >= 11 is 0. The van der Waals surface area contributed by atoms with E-state index in [1.54, 1.807) is 39.8 Å². The highest BCUT2D eigenvalue weighted by Gasteiger charge is 2.52. The zero-order chi connectivity index (χ0) is 28.4. The Morgan fingerprint density at radius 3 is 2.39 bits per heavy atom. The van der Waals surface area contributed by atoms with Crippen molar-refractivity contribution < 1.29 is 23.5 Å². The number of nitrogens with one attached hydrogen (secondary N) is 1. The van der Waals surface area contributed by atoms with Gasteiger partial charge < -0.3 is 19.9 Å². The van der Waals surface area contributed by atoms with Crippen molar-refractivity contribution in [3.63, 3.8) is 0 Å². The van der Waals surface area contributed by atoms with Crippen LogP contribution < -0.4 is 5.32 Å². The van der Waals surface area contributed by atoms with Crippen molar-refractivity contribution in [3.05, 3.63) is 35.6 Å². The number of piperazine rings is 1. The Morgan fingerprint density at radius 2 is 1.87 bits per heavy atom. The molecule has 3 unspecified atom stereocenters. The van der Waals surface area contributed by atoms with Crippen molar-refractivity contribution in [2.24, 2.45) is 0 Å². The van der Waals surface area contributed by atoms with Crippen LogP contribution in [0.25, 0.3) is 0 Å². The summed E-state index contributed by atoms with van der Waals surface area (Å²) in [6.07, 6.45) is 0.522. The number of rotatable bonds is 9. The van der Waals surface area contributed by atoms with Crippen LogP contribution in [0.15, 0.2) is 24.3 Å². The lowest BCUT2D eigenvalue weighted by molar-refractivity contribution is -0.142. The van der Waals surface area contributed by atoms with Crippen molar-refractivity contribution in [2.75, 3.05) is 13.1 Å². The van der Waals surface area contributed by atoms with Gasteiger partial charge in [0.15, 0.2) is 0 Å². The molecule has 0 aromatic heterocycles. The third kappa shape index (κ3) is 6.44. The lowest BCUT2D eigenvalue weighted by Gasteiger charge is -2.40. The Hall–Kier alpha value is -3.19. The maximum atomic E-state index is 13.8. The summed E-state index contributed by atoms with van der Waals surface area (Å²) in [4.78, 5) is 45.2. The number of hydrogen-bond acceptors (Lipinski definition) is 6. The number of fused-ring (bicyclic) bond motifs is 2. The fourth-order valence-corrected chi connectivity index (χ4v) is 5.40. The van der Waals surface area contributed by atoms with Gasteiger partial charge in [0.2, 0.25) is 11.8 Å². The Bertz CT molecular complexity index is 1070. The molecule has 1 aromatic carbocycles. The summed E-state index contributed by atoms with van der Waals surface area (Å²) in [5.74, 6) is -0.761. The summed E-state index contributed by atoms with van der Waals surface area (Å²) in [6, 6.07) is 5.69. The highest BCUT2D eigenvalue weighted by atomic mass is 19.1. The summed E-state index contributed by atoms with van der Waals surface area (Å²) in [7, 11) is 0. The highest BCUT2D eigenvalue weighted by Crippen LogP contribution is 2.38. The lowest BCUT2D eigenvalue weighted by atomic mass is 10.1. The topological polar surface area (TPSA) is 106 Å². The molecule has 208 valence electrons. The number of hydrogen-bond donors (Lipinski definition) is 1. The quantitative estimate of drug-likeness (QED) is 0.524. The third-order valence-corrected chi connectivity index (χ3v) is 7.41. The van der Waals surface area contributed by atoms with E-state index in [2.05, 4.69) is 11.4 Å². The second-order valence-electron chi connectivity index (χ2n) is 11.3. The molecule has 1 N–H and O–H groups in total. The van der Waals surface area contributed by atoms with Gasteiger partial charge in [-0.2, -0.15) is 5.26 Å². The van der Waals surface area contributed by atoms with E-state index in [1.807, 2.05) is 30.6 Å². The standard InChI is InChI=1S/C28H40FN5O4/c1-8-17(2)33(18(3)14-30)25(35)23(31-27(37)38-28(5,6)7)16-32-15-22-13-24(32)26(36)34(22)19(4)20-9-11-21(29)12-10-20/h9-12,17-19,22-24H,8,13,15-16H2,1-7H3,(H,31,37)/t17?,18?,19-,22-,23?,24-/m0/s1. The summed E-state index contributed by atoms with van der Waals surface area (Å²) in [5.41, 5.74) is 0.0985. The average Bonchev–Trinajstić information content (AvgIpc) is 3.39. The van der Waals surface area contributed by atoms with Crippen molar-refractivity contribution in [1.29, 1.82) is 5.26 Å². The van der Waals surface area contributed by atoms with E-state index in [0.717, 1.165) is 5.56 Å². The summed E-state index contributed by atoms with van der Waals surface area (Å²) < 4.78 is 18.8. The first-order chi connectivity index (χ1) is 17.8. The van der Waals surface area contributed by atoms with E-state index in [-0.39, 0.29) is 42.3 Å². The van der Waals surface area contributed by atoms with Crippen LogP contribution in [-0.4, -0.2) is 81.5 Å². The van der Waals surface area contributed by atoms with Crippen LogP contribution >= 0.6 is 0 Å². The first-order valence-electron chi connectivity index (χ1n) is 13.3. The monoisotopic (exact) mass is 529 g/mol. The number of carbonyl (C=O) groups excluding carboxylic acids is 3. The number of alkyl carbamates (subject to hydrolysis) is 1. The van der Waals surface area contributed by atoms with Gasteiger partial charge in [-0.3, -0.25) is 14.5 Å². The maximum absolute atomic E-state index is 13.8. The SMILES string of the molecule is CCC(C)N(C(=O)C(CN1C[C@@H]2C[C@H]1C(=O)N2[C@@H](C)c1ccc(F)cc1)NC(=O)OC(C)(C)C)C(C)C#N. The summed E-state index contributed by atoms with van der Waals surface area (Å²) in [5, 5.41) is 12.3. The van der Waals surface area contributed by atoms with E-state index in [0.29, 0.717) is 19.4 Å². The lowest BCUT2D eigenvalue weighted by Crippen LogP contribution is -2.60. The van der Waals surface area contributed by atoms with E-state index in [9.17, 15) is 24.0 Å². The van der Waals surface area contributed by atoms with E-state index in [4.69, 9.17) is 4.74 Å². The molecule has 2 aliphatic heterocycles. The Balaban J connectivity index is 1.80. The number of likely N-dealkylation sites (tertiary alicyclic amines) is 2. The minimum absolute atomic E-state index is 0.0503. The van der Waals surface area contributed by atoms with Crippen LogP contribution in [0.1, 0.15) is 72.9 Å². The number of nitrogens with zero attached hydrogens (tertiary/aromatic N) is 4. The Labute approximate surface area is 224 Å². The molecule has 3 rings (SSSR count). The number of benzene rings is 1. The molecule has 1 aromatic rings. The molecule has 0 aliphatic carbocycles. The predicted octanol–water partition coefficient (Wildman–Crippen LogP) is 3.60. The molecule has 38 heavy (non-hydrogen) atoms. The summed E-state index contributed by atoms with van der Waals surface area (Å²) in [6.45, 7) is 13.3. The first kappa shape index (κ1) is 29.4. The van der Waals surface area contributed by atoms with Gasteiger partial charge in [-0.05, 0) is 72.1 Å². The minimum Gasteiger partial charge on any atom is -0.444 e. The van der Waals surface area contributed by atoms with Gasteiger partial charge in [-0.25, -0.2) is 9.18 Å². The predicted molar refractivity (Wildman–Crippen MR) is 140 cm³/mol. The molecule has 9 nitrogen and oxygen atoms in total. The number of amides is 3. The van der Waals surface area contributed by atoms with Crippen LogP contribution in [0.4, 0.5) is 9.18 Å². The fourth-order valence-electron chi connectivity index (χ4n) is 5.40. The largest absolute Gasteiger partial charge is 0.444 e. The Morgan fingerprint density at radius 1 is 1.24 bits per heavy atom. The van der Waals surface area contributed by atoms with Crippen LogP contribution in [-0.2, 0) is 14.3 Å². The molecule has 6 atom stereocenters. The maximum Gasteiger partial charge on any atom is 0.408 e. The molecule has 0 radical (unpaired) electrons. The second kappa shape index (κ2) is 11.7. The molecule has 2 fully saturated rings. The molecule has 0 spiro atoms. The van der Waals surface area contributed by atoms with Crippen LogP contribution in [0, 0.1) is 17.1 Å². The van der Waals surface area contributed by atoms with Crippen LogP contribution in [0.5, 0.6) is 0 Å². The molecule has 10 heteroatoms. The molecule has 2 bridgehead atoms. The third-order valence-electron chi connectivity index (χ3n) is 7.41. The molecule has 2 aliphatic rings. The van der Waals surface area contributed by atoms with Gasteiger partial charge in [0.05, 0.1) is 18.2 Å². The molecule has 0 saturated carbocycles.